The highest BCUT2D eigenvalue weighted by Gasteiger charge is 2.09. The van der Waals surface area contributed by atoms with Crippen molar-refractivity contribution in [2.24, 2.45) is 5.92 Å². The van der Waals surface area contributed by atoms with Crippen molar-refractivity contribution in [1.29, 1.82) is 0 Å². The maximum atomic E-state index is 11.5. The van der Waals surface area contributed by atoms with Gasteiger partial charge in [0.2, 0.25) is 0 Å². The molecule has 0 aromatic heterocycles. The molecule has 0 saturated heterocycles. The summed E-state index contributed by atoms with van der Waals surface area (Å²) >= 11 is 0. The summed E-state index contributed by atoms with van der Waals surface area (Å²) in [6.45, 7) is 6.54. The Kier molecular flexibility index (Phi) is 8.53. The van der Waals surface area contributed by atoms with E-state index in [0.29, 0.717) is 5.92 Å². The normalized spacial score (nSPS) is 15.7. The van der Waals surface area contributed by atoms with Gasteiger partial charge in [-0.1, -0.05) is 52.9 Å². The van der Waals surface area contributed by atoms with E-state index in [1.54, 1.807) is 0 Å². The fourth-order valence-corrected chi connectivity index (χ4v) is 1.53. The number of hydrogen-bond acceptors (Lipinski definition) is 0. The maximum Gasteiger partial charge on any atom is 0.0932 e. The van der Waals surface area contributed by atoms with Crippen molar-refractivity contribution in [1.82, 2.24) is 0 Å². The minimum absolute atomic E-state index is 0.299. The first kappa shape index (κ1) is 13.0. The Morgan fingerprint density at radius 1 is 1.08 bits per heavy atom. The van der Waals surface area contributed by atoms with Crippen LogP contribution in [0.15, 0.2) is 0 Å². The van der Waals surface area contributed by atoms with Crippen LogP contribution >= 0.6 is 0 Å². The van der Waals surface area contributed by atoms with E-state index in [0.717, 1.165) is 25.7 Å². The van der Waals surface area contributed by atoms with E-state index in [4.69, 9.17) is 0 Å². The van der Waals surface area contributed by atoms with Crippen molar-refractivity contribution in [3.63, 3.8) is 0 Å². The average molecular weight is 185 g/mol. The molecule has 0 rings (SSSR count). The third kappa shape index (κ3) is 8.29. The summed E-state index contributed by atoms with van der Waals surface area (Å²) in [5, 5.41) is 11.5. The summed E-state index contributed by atoms with van der Waals surface area (Å²) in [6, 6.07) is 0. The summed E-state index contributed by atoms with van der Waals surface area (Å²) in [6.07, 6.45) is 7.55. The van der Waals surface area contributed by atoms with E-state index in [-0.39, 0.29) is 6.10 Å². The van der Waals surface area contributed by atoms with Crippen molar-refractivity contribution >= 4 is 0 Å². The van der Waals surface area contributed by atoms with Gasteiger partial charge in [-0.05, 0) is 18.8 Å². The molecular weight excluding hydrogens is 160 g/mol. The molecule has 13 heavy (non-hydrogen) atoms. The van der Waals surface area contributed by atoms with Crippen LogP contribution in [0.4, 0.5) is 0 Å². The Hall–Kier alpha value is -0.0400. The predicted octanol–water partition coefficient (Wildman–Crippen LogP) is 4.19. The highest BCUT2D eigenvalue weighted by atomic mass is 16.3. The molecule has 1 radical (unpaired) electrons. The fraction of sp³-hybridized carbons (Fsp3) is 1.00. The van der Waals surface area contributed by atoms with Crippen LogP contribution in [-0.2, 0) is 5.11 Å². The third-order valence-electron chi connectivity index (χ3n) is 2.74. The number of hydrogen-bond donors (Lipinski definition) is 0. The van der Waals surface area contributed by atoms with Gasteiger partial charge in [-0.25, -0.2) is 5.11 Å². The van der Waals surface area contributed by atoms with E-state index < -0.39 is 0 Å². The van der Waals surface area contributed by atoms with Gasteiger partial charge >= 0.3 is 0 Å². The molecule has 0 amide bonds. The molecule has 0 heterocycles. The Labute approximate surface area is 83.5 Å². The molecule has 0 N–H and O–H groups in total. The molecule has 0 aliphatic rings. The molecule has 0 fully saturated rings. The second-order valence-electron chi connectivity index (χ2n) is 4.22. The minimum atomic E-state index is -0.299. The van der Waals surface area contributed by atoms with Gasteiger partial charge in [0.05, 0.1) is 6.10 Å². The Balaban J connectivity index is 3.24. The predicted molar refractivity (Wildman–Crippen MR) is 57.3 cm³/mol. The lowest BCUT2D eigenvalue weighted by molar-refractivity contribution is 0.0582. The number of unbranched alkanes of at least 4 members (excludes halogenated alkanes) is 3. The van der Waals surface area contributed by atoms with Gasteiger partial charge in [0.15, 0.2) is 0 Å². The van der Waals surface area contributed by atoms with Gasteiger partial charge in [-0.2, -0.15) is 0 Å². The van der Waals surface area contributed by atoms with Crippen LogP contribution in [0.1, 0.15) is 65.7 Å². The van der Waals surface area contributed by atoms with Gasteiger partial charge in [-0.3, -0.25) is 0 Å². The molecular formula is C12H25O. The largest absolute Gasteiger partial charge is 0.233 e. The molecule has 1 heteroatoms. The van der Waals surface area contributed by atoms with Crippen LogP contribution in [0.25, 0.3) is 0 Å². The van der Waals surface area contributed by atoms with E-state index in [1.165, 1.54) is 19.3 Å². The quantitative estimate of drug-likeness (QED) is 0.505. The molecule has 0 bridgehead atoms. The summed E-state index contributed by atoms with van der Waals surface area (Å²) in [4.78, 5) is 0. The first-order valence-electron chi connectivity index (χ1n) is 5.86. The van der Waals surface area contributed by atoms with Gasteiger partial charge in [0, 0.05) is 0 Å². The van der Waals surface area contributed by atoms with Crippen LogP contribution in [0, 0.1) is 5.92 Å². The zero-order valence-corrected chi connectivity index (χ0v) is 9.51. The van der Waals surface area contributed by atoms with Crippen molar-refractivity contribution in [3.8, 4) is 0 Å². The lowest BCUT2D eigenvalue weighted by atomic mass is 9.97. The lowest BCUT2D eigenvalue weighted by Crippen LogP contribution is -2.09. The van der Waals surface area contributed by atoms with Crippen LogP contribution < -0.4 is 0 Å². The third-order valence-corrected chi connectivity index (χ3v) is 2.74. The summed E-state index contributed by atoms with van der Waals surface area (Å²) in [5.41, 5.74) is 0. The molecule has 0 aliphatic carbocycles. The SMILES string of the molecule is CCCCCCC([O])CC(C)CC. The Morgan fingerprint density at radius 2 is 1.77 bits per heavy atom. The summed E-state index contributed by atoms with van der Waals surface area (Å²) in [5.74, 6) is 0.619. The van der Waals surface area contributed by atoms with Crippen LogP contribution in [0.5, 0.6) is 0 Å². The van der Waals surface area contributed by atoms with Gasteiger partial charge in [0.25, 0.3) is 0 Å². The van der Waals surface area contributed by atoms with E-state index >= 15 is 0 Å². The molecule has 0 aromatic carbocycles. The molecule has 0 aliphatic heterocycles. The second-order valence-corrected chi connectivity index (χ2v) is 4.22. The summed E-state index contributed by atoms with van der Waals surface area (Å²) < 4.78 is 0. The molecule has 0 saturated carbocycles. The van der Waals surface area contributed by atoms with Crippen molar-refractivity contribution in [3.05, 3.63) is 0 Å². The van der Waals surface area contributed by atoms with Gasteiger partial charge < -0.3 is 0 Å². The summed E-state index contributed by atoms with van der Waals surface area (Å²) in [7, 11) is 0. The number of rotatable bonds is 8. The van der Waals surface area contributed by atoms with E-state index in [1.807, 2.05) is 0 Å². The van der Waals surface area contributed by atoms with Crippen LogP contribution in [0.2, 0.25) is 0 Å². The molecule has 2 unspecified atom stereocenters. The lowest BCUT2D eigenvalue weighted by Gasteiger charge is -2.12. The average Bonchev–Trinajstić information content (AvgIpc) is 2.12. The standard InChI is InChI=1S/C12H25O/c1-4-6-7-8-9-12(13)10-11(3)5-2/h11-12H,4-10H2,1-3H3. The van der Waals surface area contributed by atoms with E-state index in [2.05, 4.69) is 20.8 Å². The molecule has 0 aromatic rings. The first-order chi connectivity index (χ1) is 6.20. The first-order valence-corrected chi connectivity index (χ1v) is 5.86. The smallest absolute Gasteiger partial charge is 0.0932 e. The molecule has 1 nitrogen and oxygen atoms in total. The highest BCUT2D eigenvalue weighted by Crippen LogP contribution is 2.15. The zero-order valence-electron chi connectivity index (χ0n) is 9.51. The molecule has 79 valence electrons. The highest BCUT2D eigenvalue weighted by molar-refractivity contribution is 4.60. The topological polar surface area (TPSA) is 19.9 Å². The van der Waals surface area contributed by atoms with Crippen molar-refractivity contribution in [2.75, 3.05) is 0 Å². The van der Waals surface area contributed by atoms with E-state index in [9.17, 15) is 5.11 Å². The fourth-order valence-electron chi connectivity index (χ4n) is 1.53. The van der Waals surface area contributed by atoms with Crippen LogP contribution in [-0.4, -0.2) is 6.10 Å². The van der Waals surface area contributed by atoms with Gasteiger partial charge in [0.1, 0.15) is 0 Å². The van der Waals surface area contributed by atoms with Crippen molar-refractivity contribution < 1.29 is 5.11 Å². The molecule has 0 spiro atoms. The Bertz CT molecular complexity index is 101. The zero-order chi connectivity index (χ0) is 10.1. The molecule has 2 atom stereocenters. The van der Waals surface area contributed by atoms with Crippen molar-refractivity contribution in [2.45, 2.75) is 71.8 Å². The maximum absolute atomic E-state index is 11.5. The van der Waals surface area contributed by atoms with Gasteiger partial charge in [-0.15, -0.1) is 0 Å². The minimum Gasteiger partial charge on any atom is -0.233 e. The second kappa shape index (κ2) is 8.55. The Morgan fingerprint density at radius 3 is 2.31 bits per heavy atom. The monoisotopic (exact) mass is 185 g/mol. The van der Waals surface area contributed by atoms with Crippen LogP contribution in [0.3, 0.4) is 0 Å².